The van der Waals surface area contributed by atoms with Crippen LogP contribution < -0.4 is 5.32 Å². The highest BCUT2D eigenvalue weighted by Crippen LogP contribution is 2.36. The van der Waals surface area contributed by atoms with Crippen LogP contribution in [0.25, 0.3) is 11.4 Å². The number of anilines is 1. The lowest BCUT2D eigenvalue weighted by molar-refractivity contribution is -0.113. The molecule has 3 aromatic rings. The molecule has 0 unspecified atom stereocenters. The molecule has 0 saturated heterocycles. The zero-order valence-corrected chi connectivity index (χ0v) is 18.7. The molecular weight excluding hydrogens is 427 g/mol. The molecule has 0 atom stereocenters. The number of halogens is 1. The van der Waals surface area contributed by atoms with Gasteiger partial charge in [0.2, 0.25) is 5.91 Å². The van der Waals surface area contributed by atoms with Gasteiger partial charge >= 0.3 is 0 Å². The van der Waals surface area contributed by atoms with E-state index in [9.17, 15) is 14.0 Å². The summed E-state index contributed by atoms with van der Waals surface area (Å²) >= 11 is 1.30. The molecule has 1 aliphatic rings. The van der Waals surface area contributed by atoms with Crippen LogP contribution >= 0.6 is 11.8 Å². The van der Waals surface area contributed by atoms with Crippen LogP contribution in [0, 0.1) is 5.82 Å². The Morgan fingerprint density at radius 2 is 1.78 bits per heavy atom. The first-order valence-electron chi connectivity index (χ1n) is 10.8. The third-order valence-corrected chi connectivity index (χ3v) is 6.57. The van der Waals surface area contributed by atoms with Gasteiger partial charge in [-0.3, -0.25) is 14.2 Å². The van der Waals surface area contributed by atoms with Crippen molar-refractivity contribution in [2.75, 3.05) is 11.1 Å². The van der Waals surface area contributed by atoms with Crippen LogP contribution in [0.4, 0.5) is 10.1 Å². The van der Waals surface area contributed by atoms with Crippen molar-refractivity contribution in [2.45, 2.75) is 50.2 Å². The van der Waals surface area contributed by atoms with Gasteiger partial charge in [0.25, 0.3) is 0 Å². The first kappa shape index (κ1) is 22.2. The maximum atomic E-state index is 14.5. The molecule has 0 bridgehead atoms. The van der Waals surface area contributed by atoms with Crippen molar-refractivity contribution in [3.05, 3.63) is 59.9 Å². The third kappa shape index (κ3) is 5.07. The zero-order chi connectivity index (χ0) is 22.5. The van der Waals surface area contributed by atoms with Crippen molar-refractivity contribution >= 4 is 29.1 Å². The molecular formula is C24H25FN4O2S. The van der Waals surface area contributed by atoms with E-state index in [4.69, 9.17) is 0 Å². The normalized spacial score (nSPS) is 14.3. The minimum atomic E-state index is -0.333. The van der Waals surface area contributed by atoms with Crippen molar-refractivity contribution in [3.63, 3.8) is 0 Å². The maximum Gasteiger partial charge on any atom is 0.234 e. The molecule has 1 fully saturated rings. The molecule has 1 saturated carbocycles. The van der Waals surface area contributed by atoms with E-state index >= 15 is 0 Å². The van der Waals surface area contributed by atoms with Gasteiger partial charge in [0.1, 0.15) is 5.82 Å². The van der Waals surface area contributed by atoms with Gasteiger partial charge in [-0.05, 0) is 56.2 Å². The predicted molar refractivity (Wildman–Crippen MR) is 123 cm³/mol. The lowest BCUT2D eigenvalue weighted by atomic mass is 9.95. The lowest BCUT2D eigenvalue weighted by Crippen LogP contribution is -2.17. The number of rotatable bonds is 7. The summed E-state index contributed by atoms with van der Waals surface area (Å²) in [6.45, 7) is 1.50. The number of hydrogen-bond donors (Lipinski definition) is 1. The minimum absolute atomic E-state index is 0.0221. The summed E-state index contributed by atoms with van der Waals surface area (Å²) < 4.78 is 16.5. The van der Waals surface area contributed by atoms with Crippen LogP contribution in [-0.2, 0) is 4.79 Å². The van der Waals surface area contributed by atoms with Crippen LogP contribution in [-0.4, -0.2) is 32.2 Å². The van der Waals surface area contributed by atoms with Gasteiger partial charge in [0, 0.05) is 17.3 Å². The molecule has 1 N–H and O–H groups in total. The monoisotopic (exact) mass is 452 g/mol. The number of nitrogens with zero attached hydrogens (tertiary/aromatic N) is 3. The van der Waals surface area contributed by atoms with Crippen molar-refractivity contribution < 1.29 is 14.0 Å². The van der Waals surface area contributed by atoms with E-state index in [-0.39, 0.29) is 29.3 Å². The van der Waals surface area contributed by atoms with Crippen LogP contribution in [0.15, 0.2) is 53.7 Å². The lowest BCUT2D eigenvalue weighted by Gasteiger charge is -2.25. The number of amides is 1. The number of hydrogen-bond acceptors (Lipinski definition) is 5. The molecule has 6 nitrogen and oxygen atoms in total. The molecule has 0 aliphatic heterocycles. The molecule has 0 spiro atoms. The van der Waals surface area contributed by atoms with Gasteiger partial charge in [-0.1, -0.05) is 43.2 Å². The van der Waals surface area contributed by atoms with Crippen LogP contribution in [0.5, 0.6) is 0 Å². The fraction of sp³-hybridized carbons (Fsp3) is 0.333. The van der Waals surface area contributed by atoms with Crippen molar-refractivity contribution in [1.82, 2.24) is 14.8 Å². The Kier molecular flexibility index (Phi) is 6.99. The standard InChI is InChI=1S/C24H25FN4O2S/c1-16(30)17-11-13-18(14-12-17)26-22(31)15-32-24-28-27-23(20-9-5-6-10-21(20)25)29(24)19-7-3-2-4-8-19/h5-6,9-14,19H,2-4,7-8,15H2,1H3,(H,26,31). The van der Waals surface area contributed by atoms with Gasteiger partial charge in [0.05, 0.1) is 11.3 Å². The number of aromatic nitrogens is 3. The van der Waals surface area contributed by atoms with Crippen molar-refractivity contribution in [3.8, 4) is 11.4 Å². The second kappa shape index (κ2) is 10.1. The minimum Gasteiger partial charge on any atom is -0.325 e. The van der Waals surface area contributed by atoms with Crippen molar-refractivity contribution in [1.29, 1.82) is 0 Å². The van der Waals surface area contributed by atoms with Crippen LogP contribution in [0.2, 0.25) is 0 Å². The third-order valence-electron chi connectivity index (χ3n) is 5.63. The van der Waals surface area contributed by atoms with E-state index in [2.05, 4.69) is 15.5 Å². The smallest absolute Gasteiger partial charge is 0.234 e. The summed E-state index contributed by atoms with van der Waals surface area (Å²) in [6.07, 6.45) is 5.39. The van der Waals surface area contributed by atoms with E-state index in [0.717, 1.165) is 25.7 Å². The van der Waals surface area contributed by atoms with Gasteiger partial charge in [-0.25, -0.2) is 4.39 Å². The molecule has 2 aromatic carbocycles. The average Bonchev–Trinajstić information content (AvgIpc) is 3.22. The fourth-order valence-corrected chi connectivity index (χ4v) is 4.79. The Balaban J connectivity index is 1.51. The number of Topliss-reactive ketones (excluding diaryl/α,β-unsaturated/α-hetero) is 1. The van der Waals surface area contributed by atoms with Crippen LogP contribution in [0.1, 0.15) is 55.4 Å². The molecule has 8 heteroatoms. The Morgan fingerprint density at radius 1 is 1.06 bits per heavy atom. The van der Waals surface area contributed by atoms with E-state index in [1.807, 2.05) is 4.57 Å². The molecule has 32 heavy (non-hydrogen) atoms. The second-order valence-corrected chi connectivity index (χ2v) is 8.86. The summed E-state index contributed by atoms with van der Waals surface area (Å²) in [5.41, 5.74) is 1.65. The van der Waals surface area contributed by atoms with Gasteiger partial charge in [-0.15, -0.1) is 10.2 Å². The largest absolute Gasteiger partial charge is 0.325 e. The molecule has 0 radical (unpaired) electrons. The summed E-state index contributed by atoms with van der Waals surface area (Å²) in [7, 11) is 0. The van der Waals surface area contributed by atoms with Crippen molar-refractivity contribution in [2.24, 2.45) is 0 Å². The Bertz CT molecular complexity index is 1110. The summed E-state index contributed by atoms with van der Waals surface area (Å²) in [6, 6.07) is 13.6. The van der Waals surface area contributed by atoms with E-state index in [1.165, 1.54) is 31.2 Å². The average molecular weight is 453 g/mol. The van der Waals surface area contributed by atoms with Crippen LogP contribution in [0.3, 0.4) is 0 Å². The molecule has 1 aromatic heterocycles. The summed E-state index contributed by atoms with van der Waals surface area (Å²) in [5, 5.41) is 12.1. The fourth-order valence-electron chi connectivity index (χ4n) is 3.99. The molecule has 1 heterocycles. The Morgan fingerprint density at radius 3 is 2.47 bits per heavy atom. The number of benzene rings is 2. The first-order chi connectivity index (χ1) is 15.5. The number of carbonyl (C=O) groups is 2. The SMILES string of the molecule is CC(=O)c1ccc(NC(=O)CSc2nnc(-c3ccccc3F)n2C2CCCCC2)cc1. The second-order valence-electron chi connectivity index (χ2n) is 7.92. The van der Waals surface area contributed by atoms with E-state index in [0.29, 0.717) is 27.8 Å². The number of ketones is 1. The number of carbonyl (C=O) groups excluding carboxylic acids is 2. The summed E-state index contributed by atoms with van der Waals surface area (Å²) in [4.78, 5) is 23.9. The topological polar surface area (TPSA) is 76.9 Å². The number of thioether (sulfide) groups is 1. The highest BCUT2D eigenvalue weighted by Gasteiger charge is 2.25. The predicted octanol–water partition coefficient (Wildman–Crippen LogP) is 5.52. The zero-order valence-electron chi connectivity index (χ0n) is 17.9. The van der Waals surface area contributed by atoms with E-state index in [1.54, 1.807) is 42.5 Å². The highest BCUT2D eigenvalue weighted by atomic mass is 32.2. The number of nitrogens with one attached hydrogen (secondary N) is 1. The van der Waals surface area contributed by atoms with Gasteiger partial charge in [0.15, 0.2) is 16.8 Å². The maximum absolute atomic E-state index is 14.5. The first-order valence-corrected chi connectivity index (χ1v) is 11.7. The Hall–Kier alpha value is -3.00. The Labute approximate surface area is 190 Å². The van der Waals surface area contributed by atoms with Gasteiger partial charge < -0.3 is 5.32 Å². The van der Waals surface area contributed by atoms with Gasteiger partial charge in [-0.2, -0.15) is 0 Å². The molecule has 4 rings (SSSR count). The summed E-state index contributed by atoms with van der Waals surface area (Å²) in [5.74, 6) is 0.122. The quantitative estimate of drug-likeness (QED) is 0.377. The molecule has 166 valence electrons. The molecule has 1 aliphatic carbocycles. The highest BCUT2D eigenvalue weighted by molar-refractivity contribution is 7.99. The molecule has 1 amide bonds. The van der Waals surface area contributed by atoms with E-state index < -0.39 is 0 Å².